The molecule has 1 aromatic carbocycles. The van der Waals surface area contributed by atoms with E-state index in [9.17, 15) is 14.9 Å². The van der Waals surface area contributed by atoms with Gasteiger partial charge < -0.3 is 14.7 Å². The molecule has 1 aliphatic heterocycles. The van der Waals surface area contributed by atoms with E-state index in [1.165, 1.54) is 18.3 Å². The van der Waals surface area contributed by atoms with Gasteiger partial charge in [0.1, 0.15) is 11.1 Å². The zero-order valence-corrected chi connectivity index (χ0v) is 15.9. The molecule has 0 bridgehead atoms. The molecule has 0 spiro atoms. The van der Waals surface area contributed by atoms with Crippen LogP contribution in [0.5, 0.6) is 0 Å². The molecule has 0 saturated carbocycles. The molecule has 0 fully saturated rings. The summed E-state index contributed by atoms with van der Waals surface area (Å²) in [5.74, 6) is 0.0532. The number of carbonyl (C=O) groups excluding carboxylic acids is 2. The van der Waals surface area contributed by atoms with Gasteiger partial charge in [0.15, 0.2) is 11.5 Å². The van der Waals surface area contributed by atoms with Crippen LogP contribution in [0.1, 0.15) is 33.4 Å². The topological polar surface area (TPSA) is 99.2 Å². The van der Waals surface area contributed by atoms with E-state index in [4.69, 9.17) is 4.52 Å². The highest BCUT2D eigenvalue weighted by Gasteiger charge is 2.27. The van der Waals surface area contributed by atoms with E-state index in [0.717, 1.165) is 16.0 Å². The smallest absolute Gasteiger partial charge is 0.278 e. The van der Waals surface area contributed by atoms with Gasteiger partial charge in [-0.1, -0.05) is 35.5 Å². The number of hydrogen-bond donors (Lipinski definition) is 1. The van der Waals surface area contributed by atoms with Gasteiger partial charge in [0.2, 0.25) is 5.91 Å². The molecule has 7 nitrogen and oxygen atoms in total. The summed E-state index contributed by atoms with van der Waals surface area (Å²) in [5.41, 5.74) is 2.33. The fraction of sp³-hybridized carbons (Fsp3) is 0.200. The largest absolute Gasteiger partial charge is 0.355 e. The van der Waals surface area contributed by atoms with Gasteiger partial charge in [-0.05, 0) is 12.0 Å². The number of nitriles is 1. The summed E-state index contributed by atoms with van der Waals surface area (Å²) in [6.45, 7) is 2.56. The molecule has 3 heterocycles. The number of benzene rings is 1. The number of thiophene rings is 1. The minimum absolute atomic E-state index is 0.000758. The second-order valence-corrected chi connectivity index (χ2v) is 7.51. The van der Waals surface area contributed by atoms with Crippen molar-refractivity contribution in [3.63, 3.8) is 0 Å². The van der Waals surface area contributed by atoms with E-state index in [0.29, 0.717) is 35.8 Å². The van der Waals surface area contributed by atoms with Crippen molar-refractivity contribution in [1.29, 1.82) is 5.26 Å². The minimum Gasteiger partial charge on any atom is -0.355 e. The lowest BCUT2D eigenvalue weighted by Crippen LogP contribution is -2.33. The third-order valence-corrected chi connectivity index (χ3v) is 5.77. The lowest BCUT2D eigenvalue weighted by molar-refractivity contribution is -0.129. The number of fused-ring (bicyclic) bond motifs is 1. The maximum Gasteiger partial charge on any atom is 0.278 e. The van der Waals surface area contributed by atoms with Crippen molar-refractivity contribution in [2.45, 2.75) is 19.9 Å². The summed E-state index contributed by atoms with van der Waals surface area (Å²) in [6, 6.07) is 13.1. The number of rotatable bonds is 3. The Balaban J connectivity index is 1.57. The molecule has 28 heavy (non-hydrogen) atoms. The first-order valence-electron chi connectivity index (χ1n) is 8.70. The fourth-order valence-electron chi connectivity index (χ4n) is 3.17. The predicted molar refractivity (Wildman–Crippen MR) is 104 cm³/mol. The number of carbonyl (C=O) groups is 2. The number of nitrogens with one attached hydrogen (secondary N) is 1. The molecule has 1 aliphatic rings. The van der Waals surface area contributed by atoms with Gasteiger partial charge in [-0.15, -0.1) is 11.3 Å². The van der Waals surface area contributed by atoms with Gasteiger partial charge >= 0.3 is 0 Å². The first kappa shape index (κ1) is 17.9. The zero-order chi connectivity index (χ0) is 19.7. The molecule has 0 radical (unpaired) electrons. The first-order chi connectivity index (χ1) is 13.6. The molecule has 3 aromatic rings. The van der Waals surface area contributed by atoms with Crippen molar-refractivity contribution in [2.75, 3.05) is 11.9 Å². The standard InChI is InChI=1S/C20H16N4O3S/c1-12(25)24-8-7-14-15(10-21)20(28-18(14)11-24)22-19(26)16-9-17(27-23-16)13-5-3-2-4-6-13/h2-6,9H,7-8,11H2,1H3,(H,22,26). The maximum absolute atomic E-state index is 12.6. The number of hydrogen-bond acceptors (Lipinski definition) is 6. The van der Waals surface area contributed by atoms with Crippen LogP contribution >= 0.6 is 11.3 Å². The first-order valence-corrected chi connectivity index (χ1v) is 9.52. The Kier molecular flexibility index (Phi) is 4.67. The molecule has 4 rings (SSSR count). The lowest BCUT2D eigenvalue weighted by Gasteiger charge is -2.25. The van der Waals surface area contributed by atoms with Crippen LogP contribution in [0, 0.1) is 11.3 Å². The Morgan fingerprint density at radius 1 is 1.32 bits per heavy atom. The Bertz CT molecular complexity index is 1090. The summed E-state index contributed by atoms with van der Waals surface area (Å²) in [7, 11) is 0. The van der Waals surface area contributed by atoms with Crippen LogP contribution in [-0.4, -0.2) is 28.4 Å². The van der Waals surface area contributed by atoms with Crippen molar-refractivity contribution >= 4 is 28.2 Å². The quantitative estimate of drug-likeness (QED) is 0.736. The van der Waals surface area contributed by atoms with E-state index < -0.39 is 5.91 Å². The number of nitrogens with zero attached hydrogens (tertiary/aromatic N) is 3. The maximum atomic E-state index is 12.6. The molecular weight excluding hydrogens is 376 g/mol. The highest BCUT2D eigenvalue weighted by molar-refractivity contribution is 7.16. The monoisotopic (exact) mass is 392 g/mol. The molecule has 1 N–H and O–H groups in total. The van der Waals surface area contributed by atoms with Crippen LogP contribution in [0.2, 0.25) is 0 Å². The van der Waals surface area contributed by atoms with Gasteiger partial charge in [0.25, 0.3) is 5.91 Å². The van der Waals surface area contributed by atoms with Gasteiger partial charge in [0.05, 0.1) is 12.1 Å². The minimum atomic E-state index is -0.440. The molecule has 2 amide bonds. The van der Waals surface area contributed by atoms with Gasteiger partial charge in [0, 0.05) is 30.0 Å². The Labute approximate surface area is 165 Å². The average molecular weight is 392 g/mol. The molecule has 0 atom stereocenters. The molecular formula is C20H16N4O3S. The molecule has 0 unspecified atom stereocenters. The summed E-state index contributed by atoms with van der Waals surface area (Å²) in [6.07, 6.45) is 0.603. The van der Waals surface area contributed by atoms with Crippen molar-refractivity contribution in [2.24, 2.45) is 0 Å². The molecule has 0 saturated heterocycles. The highest BCUT2D eigenvalue weighted by Crippen LogP contribution is 2.37. The van der Waals surface area contributed by atoms with Crippen molar-refractivity contribution in [1.82, 2.24) is 10.1 Å². The summed E-state index contributed by atoms with van der Waals surface area (Å²) in [4.78, 5) is 26.9. The van der Waals surface area contributed by atoms with Gasteiger partial charge in [-0.25, -0.2) is 0 Å². The second kappa shape index (κ2) is 7.29. The third-order valence-electron chi connectivity index (χ3n) is 4.64. The van der Waals surface area contributed by atoms with E-state index in [1.54, 1.807) is 11.0 Å². The SMILES string of the molecule is CC(=O)N1CCc2c(sc(NC(=O)c3cc(-c4ccccc4)on3)c2C#N)C1. The van der Waals surface area contributed by atoms with Crippen LogP contribution in [0.4, 0.5) is 5.00 Å². The van der Waals surface area contributed by atoms with Crippen molar-refractivity contribution < 1.29 is 14.1 Å². The number of aromatic nitrogens is 1. The zero-order valence-electron chi connectivity index (χ0n) is 15.1. The van der Waals surface area contributed by atoms with Crippen LogP contribution in [0.25, 0.3) is 11.3 Å². The predicted octanol–water partition coefficient (Wildman–Crippen LogP) is 3.43. The molecule has 8 heteroatoms. The third kappa shape index (κ3) is 3.28. The van der Waals surface area contributed by atoms with Crippen LogP contribution in [0.3, 0.4) is 0 Å². The second-order valence-electron chi connectivity index (χ2n) is 6.41. The molecule has 140 valence electrons. The summed E-state index contributed by atoms with van der Waals surface area (Å²) >= 11 is 1.33. The van der Waals surface area contributed by atoms with Crippen LogP contribution < -0.4 is 5.32 Å². The van der Waals surface area contributed by atoms with Crippen molar-refractivity contribution in [3.8, 4) is 17.4 Å². The van der Waals surface area contributed by atoms with Gasteiger partial charge in [-0.2, -0.15) is 5.26 Å². The fourth-order valence-corrected chi connectivity index (χ4v) is 4.38. The molecule has 2 aromatic heterocycles. The summed E-state index contributed by atoms with van der Waals surface area (Å²) in [5, 5.41) is 16.7. The lowest BCUT2D eigenvalue weighted by atomic mass is 10.0. The molecule has 0 aliphatic carbocycles. The Morgan fingerprint density at radius 2 is 2.11 bits per heavy atom. The van der Waals surface area contributed by atoms with E-state index in [1.807, 2.05) is 30.3 Å². The number of anilines is 1. The normalized spacial score (nSPS) is 12.9. The van der Waals surface area contributed by atoms with Crippen molar-refractivity contribution in [3.05, 3.63) is 58.1 Å². The summed E-state index contributed by atoms with van der Waals surface area (Å²) < 4.78 is 5.27. The Hall–Kier alpha value is -3.44. The van der Waals surface area contributed by atoms with Crippen LogP contribution in [0.15, 0.2) is 40.9 Å². The van der Waals surface area contributed by atoms with Crippen LogP contribution in [-0.2, 0) is 17.8 Å². The van der Waals surface area contributed by atoms with E-state index in [-0.39, 0.29) is 11.6 Å². The van der Waals surface area contributed by atoms with Gasteiger partial charge in [-0.3, -0.25) is 9.59 Å². The highest BCUT2D eigenvalue weighted by atomic mass is 32.1. The average Bonchev–Trinajstić information content (AvgIpc) is 3.32. The number of amides is 2. The Morgan fingerprint density at radius 3 is 2.82 bits per heavy atom. The van der Waals surface area contributed by atoms with E-state index >= 15 is 0 Å². The van der Waals surface area contributed by atoms with E-state index in [2.05, 4.69) is 16.5 Å².